The van der Waals surface area contributed by atoms with Gasteiger partial charge in [-0.15, -0.1) is 0 Å². The average Bonchev–Trinajstić information content (AvgIpc) is 2.51. The number of nitrogens with two attached hydrogens (primary N) is 1. The third-order valence-electron chi connectivity index (χ3n) is 3.66. The lowest BCUT2D eigenvalue weighted by Gasteiger charge is -2.29. The van der Waals surface area contributed by atoms with E-state index in [1.54, 1.807) is 7.11 Å². The number of nitrogens with zero attached hydrogens (tertiary/aromatic N) is 1. The fourth-order valence-corrected chi connectivity index (χ4v) is 2.42. The Labute approximate surface area is 129 Å². The third kappa shape index (κ3) is 4.90. The molecule has 0 fully saturated rings. The maximum absolute atomic E-state index is 6.03. The molecule has 0 saturated heterocycles. The van der Waals surface area contributed by atoms with E-state index in [2.05, 4.69) is 31.9 Å². The molecular formula is C17H30N2O2. The molecule has 0 saturated carbocycles. The van der Waals surface area contributed by atoms with E-state index in [4.69, 9.17) is 15.2 Å². The monoisotopic (exact) mass is 294 g/mol. The highest BCUT2D eigenvalue weighted by Gasteiger charge is 2.21. The van der Waals surface area contributed by atoms with Crippen molar-refractivity contribution in [2.24, 2.45) is 5.73 Å². The fourth-order valence-electron chi connectivity index (χ4n) is 2.42. The molecule has 1 unspecified atom stereocenters. The molecule has 1 atom stereocenters. The van der Waals surface area contributed by atoms with Crippen molar-refractivity contribution < 1.29 is 9.47 Å². The summed E-state index contributed by atoms with van der Waals surface area (Å²) < 4.78 is 11.4. The second-order valence-corrected chi connectivity index (χ2v) is 5.31. The van der Waals surface area contributed by atoms with Crippen LogP contribution in [0.1, 0.15) is 44.7 Å². The molecule has 0 aliphatic heterocycles. The summed E-state index contributed by atoms with van der Waals surface area (Å²) in [6.45, 7) is 6.58. The molecule has 0 radical (unpaired) electrons. The number of hydrogen-bond acceptors (Lipinski definition) is 4. The lowest BCUT2D eigenvalue weighted by atomic mass is 10.0. The minimum atomic E-state index is 0.151. The Kier molecular flexibility index (Phi) is 8.16. The van der Waals surface area contributed by atoms with Gasteiger partial charge in [0.25, 0.3) is 0 Å². The highest BCUT2D eigenvalue weighted by atomic mass is 16.5. The summed E-state index contributed by atoms with van der Waals surface area (Å²) in [6.07, 6.45) is 3.32. The Morgan fingerprint density at radius 3 is 2.57 bits per heavy atom. The van der Waals surface area contributed by atoms with Crippen LogP contribution in [0.5, 0.6) is 11.5 Å². The molecule has 1 aromatic rings. The van der Waals surface area contributed by atoms with Crippen molar-refractivity contribution in [2.75, 3.05) is 33.9 Å². The number of benzene rings is 1. The smallest absolute Gasteiger partial charge is 0.165 e. The van der Waals surface area contributed by atoms with Gasteiger partial charge in [0.2, 0.25) is 0 Å². The first-order valence-electron chi connectivity index (χ1n) is 7.89. The van der Waals surface area contributed by atoms with Crippen LogP contribution >= 0.6 is 0 Å². The van der Waals surface area contributed by atoms with Gasteiger partial charge < -0.3 is 15.2 Å². The van der Waals surface area contributed by atoms with Crippen molar-refractivity contribution in [3.63, 3.8) is 0 Å². The molecule has 4 heteroatoms. The number of ether oxygens (including phenoxy) is 2. The average molecular weight is 294 g/mol. The summed E-state index contributed by atoms with van der Waals surface area (Å²) in [5.41, 5.74) is 7.14. The predicted octanol–water partition coefficient (Wildman–Crippen LogP) is 3.22. The van der Waals surface area contributed by atoms with Gasteiger partial charge in [0.15, 0.2) is 11.5 Å². The second kappa shape index (κ2) is 9.64. The van der Waals surface area contributed by atoms with Crippen LogP contribution in [0.15, 0.2) is 18.2 Å². The van der Waals surface area contributed by atoms with E-state index in [0.717, 1.165) is 30.0 Å². The molecule has 0 amide bonds. The number of methoxy groups -OCH3 is 1. The first-order valence-corrected chi connectivity index (χ1v) is 7.89. The standard InChI is InChI=1S/C17H30N2O2/c1-5-7-11-19(3)15(13-18)14-9-8-10-16(20-4)17(14)21-12-6-2/h8-10,15H,5-7,11-13,18H2,1-4H3. The number of unbranched alkanes of at least 4 members (excludes halogenated alkanes) is 1. The molecule has 0 aliphatic rings. The summed E-state index contributed by atoms with van der Waals surface area (Å²) in [5.74, 6) is 1.61. The number of likely N-dealkylation sites (N-methyl/N-ethyl adjacent to an activating group) is 1. The van der Waals surface area contributed by atoms with E-state index in [9.17, 15) is 0 Å². The van der Waals surface area contributed by atoms with Gasteiger partial charge in [0.05, 0.1) is 19.8 Å². The Balaban J connectivity index is 3.06. The van der Waals surface area contributed by atoms with Crippen LogP contribution in [0.4, 0.5) is 0 Å². The zero-order chi connectivity index (χ0) is 15.7. The molecule has 0 aliphatic carbocycles. The van der Waals surface area contributed by atoms with Crippen molar-refractivity contribution >= 4 is 0 Å². The van der Waals surface area contributed by atoms with Crippen molar-refractivity contribution in [2.45, 2.75) is 39.2 Å². The van der Waals surface area contributed by atoms with Crippen molar-refractivity contribution in [1.29, 1.82) is 0 Å². The van der Waals surface area contributed by atoms with Crippen LogP contribution in [0.2, 0.25) is 0 Å². The minimum Gasteiger partial charge on any atom is -0.493 e. The summed E-state index contributed by atoms with van der Waals surface area (Å²) in [4.78, 5) is 2.30. The van der Waals surface area contributed by atoms with E-state index < -0.39 is 0 Å². The summed E-state index contributed by atoms with van der Waals surface area (Å²) in [6, 6.07) is 6.18. The summed E-state index contributed by atoms with van der Waals surface area (Å²) in [5, 5.41) is 0. The normalized spacial score (nSPS) is 12.5. The van der Waals surface area contributed by atoms with Gasteiger partial charge in [0, 0.05) is 12.1 Å². The third-order valence-corrected chi connectivity index (χ3v) is 3.66. The topological polar surface area (TPSA) is 47.7 Å². The van der Waals surface area contributed by atoms with E-state index >= 15 is 0 Å². The number of para-hydroxylation sites is 1. The largest absolute Gasteiger partial charge is 0.493 e. The Hall–Kier alpha value is -1.26. The Bertz CT molecular complexity index is 410. The van der Waals surface area contributed by atoms with Gasteiger partial charge in [-0.25, -0.2) is 0 Å². The van der Waals surface area contributed by atoms with E-state index in [0.29, 0.717) is 13.2 Å². The predicted molar refractivity (Wildman–Crippen MR) is 88.1 cm³/mol. The van der Waals surface area contributed by atoms with Crippen LogP contribution in [-0.2, 0) is 0 Å². The highest BCUT2D eigenvalue weighted by Crippen LogP contribution is 2.36. The zero-order valence-corrected chi connectivity index (χ0v) is 13.9. The van der Waals surface area contributed by atoms with Gasteiger partial charge in [-0.2, -0.15) is 0 Å². The number of hydrogen-bond donors (Lipinski definition) is 1. The second-order valence-electron chi connectivity index (χ2n) is 5.31. The first kappa shape index (κ1) is 17.8. The van der Waals surface area contributed by atoms with Gasteiger partial charge >= 0.3 is 0 Å². The molecule has 0 spiro atoms. The lowest BCUT2D eigenvalue weighted by Crippen LogP contribution is -2.31. The molecule has 2 N–H and O–H groups in total. The molecular weight excluding hydrogens is 264 g/mol. The number of rotatable bonds is 10. The van der Waals surface area contributed by atoms with Gasteiger partial charge in [-0.1, -0.05) is 32.4 Å². The molecule has 1 aromatic carbocycles. The van der Waals surface area contributed by atoms with E-state index in [-0.39, 0.29) is 6.04 Å². The van der Waals surface area contributed by atoms with E-state index in [1.165, 1.54) is 12.8 Å². The minimum absolute atomic E-state index is 0.151. The van der Waals surface area contributed by atoms with Crippen LogP contribution in [0, 0.1) is 0 Å². The highest BCUT2D eigenvalue weighted by molar-refractivity contribution is 5.48. The molecule has 1 rings (SSSR count). The van der Waals surface area contributed by atoms with E-state index in [1.807, 2.05) is 12.1 Å². The summed E-state index contributed by atoms with van der Waals surface area (Å²) in [7, 11) is 3.80. The summed E-state index contributed by atoms with van der Waals surface area (Å²) >= 11 is 0. The molecule has 0 bridgehead atoms. The zero-order valence-electron chi connectivity index (χ0n) is 13.9. The van der Waals surface area contributed by atoms with Crippen LogP contribution in [-0.4, -0.2) is 38.8 Å². The first-order chi connectivity index (χ1) is 10.2. The van der Waals surface area contributed by atoms with Gasteiger partial charge in [0.1, 0.15) is 0 Å². The molecule has 0 heterocycles. The lowest BCUT2D eigenvalue weighted by molar-refractivity contribution is 0.231. The Morgan fingerprint density at radius 1 is 1.24 bits per heavy atom. The molecule has 4 nitrogen and oxygen atoms in total. The van der Waals surface area contributed by atoms with Crippen molar-refractivity contribution in [1.82, 2.24) is 4.90 Å². The quantitative estimate of drug-likeness (QED) is 0.720. The van der Waals surface area contributed by atoms with Gasteiger partial charge in [-0.3, -0.25) is 4.90 Å². The SMILES string of the molecule is CCCCN(C)C(CN)c1cccc(OC)c1OCCC. The Morgan fingerprint density at radius 2 is 2.00 bits per heavy atom. The maximum Gasteiger partial charge on any atom is 0.165 e. The molecule has 21 heavy (non-hydrogen) atoms. The van der Waals surface area contributed by atoms with Gasteiger partial charge in [-0.05, 0) is 32.5 Å². The molecule has 0 aromatic heterocycles. The van der Waals surface area contributed by atoms with Crippen LogP contribution < -0.4 is 15.2 Å². The van der Waals surface area contributed by atoms with Crippen LogP contribution in [0.25, 0.3) is 0 Å². The molecule has 120 valence electrons. The van der Waals surface area contributed by atoms with Crippen molar-refractivity contribution in [3.05, 3.63) is 23.8 Å². The fraction of sp³-hybridized carbons (Fsp3) is 0.647. The maximum atomic E-state index is 6.03. The van der Waals surface area contributed by atoms with Crippen molar-refractivity contribution in [3.8, 4) is 11.5 Å². The van der Waals surface area contributed by atoms with Crippen LogP contribution in [0.3, 0.4) is 0 Å².